The first-order valence-electron chi connectivity index (χ1n) is 5.30. The number of imidazole rings is 1. The van der Waals surface area contributed by atoms with Gasteiger partial charge >= 0.3 is 0 Å². The van der Waals surface area contributed by atoms with Crippen LogP contribution in [-0.2, 0) is 13.0 Å². The summed E-state index contributed by atoms with van der Waals surface area (Å²) in [5.41, 5.74) is 0.630. The Kier molecular flexibility index (Phi) is 2.14. The molecule has 13 heavy (non-hydrogen) atoms. The average Bonchev–Trinajstić information content (AvgIpc) is 2.78. The highest BCUT2D eigenvalue weighted by molar-refractivity contribution is 4.98. The summed E-state index contributed by atoms with van der Waals surface area (Å²) in [7, 11) is 0. The van der Waals surface area contributed by atoms with E-state index in [1.807, 2.05) is 6.20 Å². The van der Waals surface area contributed by atoms with Gasteiger partial charge in [0.05, 0.1) is 0 Å². The molecular formula is C11H18N2. The summed E-state index contributed by atoms with van der Waals surface area (Å²) in [6.45, 7) is 5.66. The highest BCUT2D eigenvalue weighted by Gasteiger charge is 2.40. The molecule has 0 N–H and O–H groups in total. The molecule has 0 atom stereocenters. The Hall–Kier alpha value is -0.790. The highest BCUT2D eigenvalue weighted by Crippen LogP contribution is 2.50. The molecule has 0 radical (unpaired) electrons. The molecule has 2 heteroatoms. The van der Waals surface area contributed by atoms with Crippen molar-refractivity contribution in [1.82, 2.24) is 9.55 Å². The van der Waals surface area contributed by atoms with Gasteiger partial charge in [-0.25, -0.2) is 4.98 Å². The van der Waals surface area contributed by atoms with Gasteiger partial charge in [-0.1, -0.05) is 13.8 Å². The summed E-state index contributed by atoms with van der Waals surface area (Å²) in [6.07, 6.45) is 9.22. The first kappa shape index (κ1) is 8.79. The van der Waals surface area contributed by atoms with Gasteiger partial charge in [-0.3, -0.25) is 0 Å². The third-order valence-electron chi connectivity index (χ3n) is 3.33. The second-order valence-corrected chi connectivity index (χ2v) is 4.18. The molecule has 0 unspecified atom stereocenters. The van der Waals surface area contributed by atoms with E-state index in [4.69, 9.17) is 0 Å². The molecule has 0 aliphatic heterocycles. The van der Waals surface area contributed by atoms with Crippen molar-refractivity contribution in [3.63, 3.8) is 0 Å². The zero-order chi connectivity index (χ0) is 9.31. The van der Waals surface area contributed by atoms with Crippen molar-refractivity contribution in [3.05, 3.63) is 18.2 Å². The molecule has 72 valence electrons. The van der Waals surface area contributed by atoms with Crippen molar-refractivity contribution in [2.75, 3.05) is 0 Å². The quantitative estimate of drug-likeness (QED) is 0.693. The monoisotopic (exact) mass is 178 g/mol. The number of aromatic nitrogens is 2. The van der Waals surface area contributed by atoms with Crippen LogP contribution in [0.2, 0.25) is 0 Å². The van der Waals surface area contributed by atoms with Gasteiger partial charge in [-0.15, -0.1) is 0 Å². The van der Waals surface area contributed by atoms with E-state index in [1.165, 1.54) is 31.6 Å². The van der Waals surface area contributed by atoms with E-state index in [9.17, 15) is 0 Å². The summed E-state index contributed by atoms with van der Waals surface area (Å²) < 4.78 is 2.33. The van der Waals surface area contributed by atoms with Gasteiger partial charge in [0.2, 0.25) is 0 Å². The van der Waals surface area contributed by atoms with Gasteiger partial charge in [0.1, 0.15) is 5.82 Å². The lowest BCUT2D eigenvalue weighted by Gasteiger charge is -2.14. The van der Waals surface area contributed by atoms with Crippen molar-refractivity contribution in [2.24, 2.45) is 5.41 Å². The van der Waals surface area contributed by atoms with Crippen LogP contribution in [0.25, 0.3) is 0 Å². The summed E-state index contributed by atoms with van der Waals surface area (Å²) in [6, 6.07) is 0. The number of nitrogens with zero attached hydrogens (tertiary/aromatic N) is 2. The Morgan fingerprint density at radius 2 is 2.23 bits per heavy atom. The van der Waals surface area contributed by atoms with E-state index in [-0.39, 0.29) is 0 Å². The Morgan fingerprint density at radius 3 is 2.77 bits per heavy atom. The molecule has 2 nitrogen and oxygen atoms in total. The predicted molar refractivity (Wildman–Crippen MR) is 53.6 cm³/mol. The first-order valence-corrected chi connectivity index (χ1v) is 5.30. The Morgan fingerprint density at radius 1 is 1.46 bits per heavy atom. The van der Waals surface area contributed by atoms with E-state index < -0.39 is 0 Å². The second kappa shape index (κ2) is 3.17. The predicted octanol–water partition coefficient (Wildman–Crippen LogP) is 2.64. The largest absolute Gasteiger partial charge is 0.334 e. The van der Waals surface area contributed by atoms with Crippen LogP contribution in [0, 0.1) is 5.41 Å². The van der Waals surface area contributed by atoms with Gasteiger partial charge in [0.15, 0.2) is 0 Å². The normalized spacial score (nSPS) is 18.9. The van der Waals surface area contributed by atoms with Crippen LogP contribution < -0.4 is 0 Å². The summed E-state index contributed by atoms with van der Waals surface area (Å²) in [4.78, 5) is 4.34. The smallest absolute Gasteiger partial charge is 0.108 e. The first-order chi connectivity index (χ1) is 6.29. The molecule has 1 fully saturated rings. The lowest BCUT2D eigenvalue weighted by atomic mass is 10.0. The molecule has 0 saturated heterocycles. The molecule has 0 amide bonds. The van der Waals surface area contributed by atoms with E-state index in [1.54, 1.807) is 0 Å². The molecule has 1 heterocycles. The molecule has 1 saturated carbocycles. The van der Waals surface area contributed by atoms with Crippen LogP contribution in [0.4, 0.5) is 0 Å². The zero-order valence-electron chi connectivity index (χ0n) is 8.58. The average molecular weight is 178 g/mol. The second-order valence-electron chi connectivity index (χ2n) is 4.18. The van der Waals surface area contributed by atoms with Gasteiger partial charge in [0, 0.05) is 25.4 Å². The maximum Gasteiger partial charge on any atom is 0.108 e. The fourth-order valence-electron chi connectivity index (χ4n) is 1.96. The fourth-order valence-corrected chi connectivity index (χ4v) is 1.96. The summed E-state index contributed by atoms with van der Waals surface area (Å²) in [5.74, 6) is 1.24. The van der Waals surface area contributed by atoms with Gasteiger partial charge in [-0.2, -0.15) is 0 Å². The highest BCUT2D eigenvalue weighted by atomic mass is 15.1. The molecule has 1 aromatic heterocycles. The number of hydrogen-bond donors (Lipinski definition) is 0. The minimum atomic E-state index is 0.630. The fraction of sp³-hybridized carbons (Fsp3) is 0.727. The number of rotatable bonds is 4. The lowest BCUT2D eigenvalue weighted by molar-refractivity contribution is 0.401. The van der Waals surface area contributed by atoms with E-state index in [0.717, 1.165) is 6.42 Å². The van der Waals surface area contributed by atoms with Crippen molar-refractivity contribution in [3.8, 4) is 0 Å². The maximum absolute atomic E-state index is 4.34. The topological polar surface area (TPSA) is 17.8 Å². The van der Waals surface area contributed by atoms with Crippen LogP contribution in [0.15, 0.2) is 12.4 Å². The summed E-state index contributed by atoms with van der Waals surface area (Å²) >= 11 is 0. The van der Waals surface area contributed by atoms with Gasteiger partial charge < -0.3 is 4.57 Å². The van der Waals surface area contributed by atoms with Crippen LogP contribution in [0.1, 0.15) is 38.9 Å². The molecule has 1 aliphatic carbocycles. The molecule has 1 aliphatic rings. The maximum atomic E-state index is 4.34. The van der Waals surface area contributed by atoms with Crippen LogP contribution in [-0.4, -0.2) is 9.55 Å². The molecule has 0 aromatic carbocycles. The van der Waals surface area contributed by atoms with Crippen molar-refractivity contribution in [2.45, 2.75) is 46.1 Å². The van der Waals surface area contributed by atoms with E-state index in [0.29, 0.717) is 5.41 Å². The molecular weight excluding hydrogens is 160 g/mol. The molecule has 0 spiro atoms. The van der Waals surface area contributed by atoms with E-state index in [2.05, 4.69) is 29.6 Å². The minimum absolute atomic E-state index is 0.630. The van der Waals surface area contributed by atoms with Crippen LogP contribution in [0.3, 0.4) is 0 Å². The van der Waals surface area contributed by atoms with Crippen LogP contribution >= 0.6 is 0 Å². The van der Waals surface area contributed by atoms with Gasteiger partial charge in [0.25, 0.3) is 0 Å². The number of hydrogen-bond acceptors (Lipinski definition) is 1. The Bertz CT molecular complexity index is 284. The third-order valence-corrected chi connectivity index (χ3v) is 3.33. The van der Waals surface area contributed by atoms with Crippen molar-refractivity contribution in [1.29, 1.82) is 0 Å². The van der Waals surface area contributed by atoms with Crippen LogP contribution in [0.5, 0.6) is 0 Å². The minimum Gasteiger partial charge on any atom is -0.334 e. The Labute approximate surface area is 80.0 Å². The number of aryl methyl sites for hydroxylation is 1. The SMILES string of the molecule is CCc1nccn1CC1(CC)CC1. The Balaban J connectivity index is 2.09. The molecule has 0 bridgehead atoms. The lowest BCUT2D eigenvalue weighted by Crippen LogP contribution is -2.12. The van der Waals surface area contributed by atoms with Crippen molar-refractivity contribution < 1.29 is 0 Å². The van der Waals surface area contributed by atoms with E-state index >= 15 is 0 Å². The standard InChI is InChI=1S/C11H18N2/c1-3-10-12-7-8-13(10)9-11(4-2)5-6-11/h7-8H,3-6,9H2,1-2H3. The molecule has 1 aromatic rings. The molecule has 2 rings (SSSR count). The third kappa shape index (κ3) is 1.62. The zero-order valence-corrected chi connectivity index (χ0v) is 8.58. The van der Waals surface area contributed by atoms with Crippen molar-refractivity contribution >= 4 is 0 Å². The van der Waals surface area contributed by atoms with Gasteiger partial charge in [-0.05, 0) is 24.7 Å². The summed E-state index contributed by atoms with van der Waals surface area (Å²) in [5, 5.41) is 0.